The number of aliphatic imine (C=N–C) groups is 2. The molecule has 3 aromatic rings. The van der Waals surface area contributed by atoms with Gasteiger partial charge in [0, 0.05) is 59.6 Å². The molecule has 2 aliphatic rings. The summed E-state index contributed by atoms with van der Waals surface area (Å²) in [7, 11) is 1.50. The second-order valence-electron chi connectivity index (χ2n) is 9.01. The van der Waals surface area contributed by atoms with E-state index in [1.165, 1.54) is 19.2 Å². The molecule has 0 radical (unpaired) electrons. The van der Waals surface area contributed by atoms with Gasteiger partial charge in [-0.25, -0.2) is 9.59 Å². The van der Waals surface area contributed by atoms with Crippen molar-refractivity contribution in [2.24, 2.45) is 9.98 Å². The van der Waals surface area contributed by atoms with Crippen molar-refractivity contribution in [1.29, 1.82) is 0 Å². The highest BCUT2D eigenvalue weighted by Gasteiger charge is 2.13. The van der Waals surface area contributed by atoms with E-state index in [0.29, 0.717) is 22.7 Å². The van der Waals surface area contributed by atoms with Crippen LogP contribution >= 0.6 is 0 Å². The van der Waals surface area contributed by atoms with Crippen LogP contribution in [0.1, 0.15) is 21.5 Å². The predicted octanol–water partition coefficient (Wildman–Crippen LogP) is 3.03. The summed E-state index contributed by atoms with van der Waals surface area (Å²) in [5.41, 5.74) is 3.95. The Bertz CT molecular complexity index is 1380. The van der Waals surface area contributed by atoms with Crippen LogP contribution in [0, 0.1) is 0 Å². The van der Waals surface area contributed by atoms with Gasteiger partial charge >= 0.3 is 12.1 Å². The number of hydrogen-bond donors (Lipinski definition) is 7. The molecular formula is C28H29N9O3. The molecule has 40 heavy (non-hydrogen) atoms. The monoisotopic (exact) mass is 539 g/mol. The van der Waals surface area contributed by atoms with Crippen molar-refractivity contribution in [3.8, 4) is 0 Å². The molecule has 2 heterocycles. The molecule has 3 aromatic carbocycles. The highest BCUT2D eigenvalue weighted by atomic mass is 16.2. The number of amidine groups is 2. The van der Waals surface area contributed by atoms with Crippen LogP contribution in [0.25, 0.3) is 0 Å². The average Bonchev–Trinajstić information content (AvgIpc) is 3.68. The van der Waals surface area contributed by atoms with Crippen molar-refractivity contribution in [3.63, 3.8) is 0 Å². The van der Waals surface area contributed by atoms with Gasteiger partial charge in [0.05, 0.1) is 13.1 Å². The lowest BCUT2D eigenvalue weighted by Crippen LogP contribution is -2.23. The minimum atomic E-state index is -0.505. The number of urea groups is 2. The molecule has 0 aromatic heterocycles. The Morgan fingerprint density at radius 1 is 0.625 bits per heavy atom. The summed E-state index contributed by atoms with van der Waals surface area (Å²) in [6.45, 7) is 3.11. The molecule has 5 amide bonds. The van der Waals surface area contributed by atoms with Gasteiger partial charge in [0.1, 0.15) is 11.7 Å². The molecule has 0 bridgehead atoms. The number of hydrogen-bond acceptors (Lipinski definition) is 7. The molecule has 0 atom stereocenters. The van der Waals surface area contributed by atoms with Gasteiger partial charge in [0.15, 0.2) is 0 Å². The van der Waals surface area contributed by atoms with Crippen molar-refractivity contribution in [2.45, 2.75) is 0 Å². The second kappa shape index (κ2) is 12.0. The SMILES string of the molecule is CNC(=O)c1cc(NC(=O)Nc2ccc(C3=NCCN3)cc2)cc(NC(=O)Nc2ccc(C3=NCCN3)cc2)c1. The topological polar surface area (TPSA) is 160 Å². The Labute approximate surface area is 230 Å². The summed E-state index contributed by atoms with van der Waals surface area (Å²) in [5.74, 6) is 1.30. The van der Waals surface area contributed by atoms with Crippen molar-refractivity contribution < 1.29 is 14.4 Å². The molecule has 0 unspecified atom stereocenters. The first-order valence-electron chi connectivity index (χ1n) is 12.8. The number of benzene rings is 3. The number of carbonyl (C=O) groups excluding carboxylic acids is 3. The second-order valence-corrected chi connectivity index (χ2v) is 9.01. The van der Waals surface area contributed by atoms with E-state index in [1.54, 1.807) is 30.3 Å². The standard InChI is InChI=1S/C28H29N9O3/c1-29-26(38)19-14-22(36-27(39)34-20-6-2-17(3-7-20)24-30-10-11-31-24)16-23(15-19)37-28(40)35-21-8-4-18(5-9-21)25-32-12-13-33-25/h2-9,14-16H,10-13H2,1H3,(H,29,38)(H,30,31)(H,32,33)(H2,34,36,39)(H2,35,37,40). The average molecular weight is 540 g/mol. The van der Waals surface area contributed by atoms with E-state index in [0.717, 1.165) is 49.0 Å². The lowest BCUT2D eigenvalue weighted by molar-refractivity contribution is 0.0963. The zero-order valence-corrected chi connectivity index (χ0v) is 21.8. The maximum Gasteiger partial charge on any atom is 0.323 e. The number of nitrogens with zero attached hydrogens (tertiary/aromatic N) is 2. The van der Waals surface area contributed by atoms with E-state index < -0.39 is 12.1 Å². The molecule has 0 fully saturated rings. The van der Waals surface area contributed by atoms with Crippen LogP contribution in [0.15, 0.2) is 76.7 Å². The summed E-state index contributed by atoms with van der Waals surface area (Å²) in [5, 5.41) is 19.9. The Morgan fingerprint density at radius 2 is 1.05 bits per heavy atom. The van der Waals surface area contributed by atoms with Gasteiger partial charge in [-0.15, -0.1) is 0 Å². The van der Waals surface area contributed by atoms with E-state index >= 15 is 0 Å². The van der Waals surface area contributed by atoms with Crippen molar-refractivity contribution in [3.05, 3.63) is 83.4 Å². The zero-order chi connectivity index (χ0) is 27.9. The number of carbonyl (C=O) groups is 3. The summed E-state index contributed by atoms with van der Waals surface area (Å²) in [6.07, 6.45) is 0. The molecule has 5 rings (SSSR count). The molecule has 204 valence electrons. The highest BCUT2D eigenvalue weighted by molar-refractivity contribution is 6.06. The fraction of sp³-hybridized carbons (Fsp3) is 0.179. The summed E-state index contributed by atoms with van der Waals surface area (Å²) >= 11 is 0. The van der Waals surface area contributed by atoms with Gasteiger partial charge in [-0.3, -0.25) is 14.8 Å². The largest absolute Gasteiger partial charge is 0.368 e. The van der Waals surface area contributed by atoms with Crippen LogP contribution in [0.5, 0.6) is 0 Å². The maximum absolute atomic E-state index is 12.7. The third-order valence-electron chi connectivity index (χ3n) is 6.12. The van der Waals surface area contributed by atoms with E-state index in [1.807, 2.05) is 24.3 Å². The van der Waals surface area contributed by atoms with Crippen LogP contribution in [0.2, 0.25) is 0 Å². The van der Waals surface area contributed by atoms with Crippen molar-refractivity contribution in [1.82, 2.24) is 16.0 Å². The number of rotatable bonds is 7. The van der Waals surface area contributed by atoms with E-state index in [9.17, 15) is 14.4 Å². The van der Waals surface area contributed by atoms with Crippen LogP contribution in [0.3, 0.4) is 0 Å². The van der Waals surface area contributed by atoms with Crippen LogP contribution in [0.4, 0.5) is 32.3 Å². The van der Waals surface area contributed by atoms with E-state index in [-0.39, 0.29) is 11.5 Å². The molecule has 0 saturated carbocycles. The van der Waals surface area contributed by atoms with Crippen molar-refractivity contribution >= 4 is 52.4 Å². The van der Waals surface area contributed by atoms with Gasteiger partial charge in [0.2, 0.25) is 0 Å². The molecule has 0 aliphatic carbocycles. The molecule has 12 heteroatoms. The first-order valence-corrected chi connectivity index (χ1v) is 12.8. The van der Waals surface area contributed by atoms with Crippen LogP contribution in [-0.2, 0) is 0 Å². The Balaban J connectivity index is 1.23. The Morgan fingerprint density at radius 3 is 1.43 bits per heavy atom. The van der Waals surface area contributed by atoms with Crippen LogP contribution < -0.4 is 37.2 Å². The molecule has 0 saturated heterocycles. The Hall–Kier alpha value is -5.39. The fourth-order valence-corrected chi connectivity index (χ4v) is 4.24. The highest BCUT2D eigenvalue weighted by Crippen LogP contribution is 2.21. The minimum Gasteiger partial charge on any atom is -0.368 e. The van der Waals surface area contributed by atoms with Gasteiger partial charge < -0.3 is 37.2 Å². The van der Waals surface area contributed by atoms with Crippen LogP contribution in [-0.4, -0.2) is 62.9 Å². The van der Waals surface area contributed by atoms with E-state index in [2.05, 4.69) is 47.2 Å². The smallest absolute Gasteiger partial charge is 0.323 e. The van der Waals surface area contributed by atoms with Gasteiger partial charge in [-0.2, -0.15) is 0 Å². The molecule has 0 spiro atoms. The first kappa shape index (κ1) is 26.2. The van der Waals surface area contributed by atoms with E-state index in [4.69, 9.17) is 0 Å². The molecule has 2 aliphatic heterocycles. The first-order chi connectivity index (χ1) is 19.5. The quantitative estimate of drug-likeness (QED) is 0.245. The van der Waals surface area contributed by atoms with Gasteiger partial charge in [-0.1, -0.05) is 0 Å². The summed E-state index contributed by atoms with van der Waals surface area (Å²) < 4.78 is 0. The summed E-state index contributed by atoms with van der Waals surface area (Å²) in [6, 6.07) is 18.2. The molecule has 7 N–H and O–H groups in total. The minimum absolute atomic E-state index is 0.263. The fourth-order valence-electron chi connectivity index (χ4n) is 4.24. The zero-order valence-electron chi connectivity index (χ0n) is 21.8. The maximum atomic E-state index is 12.7. The lowest BCUT2D eigenvalue weighted by Gasteiger charge is -2.13. The molecule has 12 nitrogen and oxygen atoms in total. The van der Waals surface area contributed by atoms with Gasteiger partial charge in [0.25, 0.3) is 5.91 Å². The predicted molar refractivity (Wildman–Crippen MR) is 157 cm³/mol. The normalized spacial score (nSPS) is 13.7. The molecular weight excluding hydrogens is 510 g/mol. The third-order valence-corrected chi connectivity index (χ3v) is 6.12. The number of nitrogens with one attached hydrogen (secondary N) is 7. The summed E-state index contributed by atoms with van der Waals surface area (Å²) in [4.78, 5) is 46.5. The lowest BCUT2D eigenvalue weighted by atomic mass is 10.1. The number of amides is 5. The van der Waals surface area contributed by atoms with Crippen molar-refractivity contribution in [2.75, 3.05) is 54.5 Å². The Kier molecular flexibility index (Phi) is 7.86. The van der Waals surface area contributed by atoms with Gasteiger partial charge in [-0.05, 0) is 66.7 Å². The number of anilines is 4. The third kappa shape index (κ3) is 6.54.